The van der Waals surface area contributed by atoms with Crippen LogP contribution in [0.4, 0.5) is 0 Å². The molecule has 0 fully saturated rings. The molecule has 1 N–H and O–H groups in total. The first-order valence-electron chi connectivity index (χ1n) is 11.0. The fraction of sp³-hybridized carbons (Fsp3) is 0.400. The Morgan fingerprint density at radius 1 is 1.06 bits per heavy atom. The van der Waals surface area contributed by atoms with Gasteiger partial charge < -0.3 is 10.1 Å². The summed E-state index contributed by atoms with van der Waals surface area (Å²) in [6.45, 7) is 7.52. The van der Waals surface area contributed by atoms with Gasteiger partial charge in [0.2, 0.25) is 5.91 Å². The van der Waals surface area contributed by atoms with E-state index in [4.69, 9.17) is 4.74 Å². The predicted molar refractivity (Wildman–Crippen MR) is 122 cm³/mol. The zero-order chi connectivity index (χ0) is 22.1. The van der Waals surface area contributed by atoms with Crippen LogP contribution in [-0.4, -0.2) is 27.5 Å². The minimum Gasteiger partial charge on any atom is -0.493 e. The molecule has 1 unspecified atom stereocenters. The number of hydrogen-bond donors (Lipinski definition) is 1. The normalized spacial score (nSPS) is 13.9. The van der Waals surface area contributed by atoms with Crippen LogP contribution in [0.3, 0.4) is 0 Å². The molecule has 1 amide bonds. The molecule has 31 heavy (non-hydrogen) atoms. The lowest BCUT2D eigenvalue weighted by atomic mass is 9.99. The number of amides is 1. The summed E-state index contributed by atoms with van der Waals surface area (Å²) in [7, 11) is 0. The van der Waals surface area contributed by atoms with Crippen LogP contribution >= 0.6 is 0 Å². The second kappa shape index (κ2) is 11.3. The van der Waals surface area contributed by atoms with Gasteiger partial charge in [-0.2, -0.15) is 0 Å². The van der Waals surface area contributed by atoms with Crippen molar-refractivity contribution in [1.29, 1.82) is 0 Å². The molecule has 0 saturated carbocycles. The molecule has 1 heterocycles. The molecule has 0 radical (unpaired) electrons. The maximum Gasteiger partial charge on any atom is 0.227 e. The van der Waals surface area contributed by atoms with E-state index in [9.17, 15) is 4.79 Å². The number of carbonyl (C=O) groups excluding carboxylic acids is 1. The van der Waals surface area contributed by atoms with Crippen molar-refractivity contribution in [3.8, 4) is 5.75 Å². The fourth-order valence-electron chi connectivity index (χ4n) is 3.55. The van der Waals surface area contributed by atoms with Crippen LogP contribution < -0.4 is 10.1 Å². The summed E-state index contributed by atoms with van der Waals surface area (Å²) >= 11 is 0. The summed E-state index contributed by atoms with van der Waals surface area (Å²) < 4.78 is 7.65. The average Bonchev–Trinajstić information content (AvgIpc) is 3.31. The van der Waals surface area contributed by atoms with E-state index in [0.717, 1.165) is 29.7 Å². The van der Waals surface area contributed by atoms with Gasteiger partial charge >= 0.3 is 0 Å². The highest BCUT2D eigenvalue weighted by Gasteiger charge is 2.21. The third-order valence-electron chi connectivity index (χ3n) is 5.45. The molecule has 0 saturated heterocycles. The maximum atomic E-state index is 13.0. The van der Waals surface area contributed by atoms with Gasteiger partial charge in [-0.3, -0.25) is 9.48 Å². The van der Waals surface area contributed by atoms with Crippen molar-refractivity contribution in [3.63, 3.8) is 0 Å². The summed E-state index contributed by atoms with van der Waals surface area (Å²) in [5.41, 5.74) is 1.99. The van der Waals surface area contributed by atoms with Crippen molar-refractivity contribution in [3.05, 3.63) is 78.1 Å². The molecule has 6 heteroatoms. The highest BCUT2D eigenvalue weighted by Crippen LogP contribution is 2.22. The number of aromatic nitrogens is 3. The molecule has 0 bridgehead atoms. The number of hydrogen-bond acceptors (Lipinski definition) is 4. The zero-order valence-electron chi connectivity index (χ0n) is 18.6. The number of carbonyl (C=O) groups is 1. The van der Waals surface area contributed by atoms with Gasteiger partial charge in [-0.1, -0.05) is 67.9 Å². The molecular weight excluding hydrogens is 388 g/mol. The largest absolute Gasteiger partial charge is 0.493 e. The minimum absolute atomic E-state index is 0.0231. The van der Waals surface area contributed by atoms with E-state index in [0.29, 0.717) is 19.1 Å². The Morgan fingerprint density at radius 2 is 1.81 bits per heavy atom. The second-order valence-corrected chi connectivity index (χ2v) is 8.09. The van der Waals surface area contributed by atoms with Gasteiger partial charge in [-0.05, 0) is 42.5 Å². The quantitative estimate of drug-likeness (QED) is 0.486. The monoisotopic (exact) mass is 420 g/mol. The molecule has 0 spiro atoms. The van der Waals surface area contributed by atoms with Crippen molar-refractivity contribution < 1.29 is 9.53 Å². The minimum atomic E-state index is -0.248. The molecule has 0 aliphatic heterocycles. The maximum absolute atomic E-state index is 13.0. The summed E-state index contributed by atoms with van der Waals surface area (Å²) in [5, 5.41) is 11.1. The molecular formula is C25H32N4O2. The molecule has 2 aromatic carbocycles. The fourth-order valence-corrected chi connectivity index (χ4v) is 3.55. The Kier molecular flexibility index (Phi) is 8.21. The van der Waals surface area contributed by atoms with Crippen molar-refractivity contribution in [2.75, 3.05) is 6.61 Å². The first-order chi connectivity index (χ1) is 15.1. The Bertz CT molecular complexity index is 910. The van der Waals surface area contributed by atoms with Crippen LogP contribution in [0.15, 0.2) is 67.0 Å². The average molecular weight is 421 g/mol. The van der Waals surface area contributed by atoms with Gasteiger partial charge in [0.1, 0.15) is 5.75 Å². The Hall–Kier alpha value is -3.15. The third kappa shape index (κ3) is 6.67. The number of nitrogens with zero attached hydrogens (tertiary/aromatic N) is 3. The standard InChI is InChI=1S/C25H32N4O2/c1-4-8-19(2)18-31-23-13-11-22(12-14-23)24(17-29-16-15-26-28-29)27-25(30)20(3)21-9-6-5-7-10-21/h5-7,9-16,19-20,24H,4,8,17-18H2,1-3H3,(H,27,30)/t19?,20-,24-/m0/s1. The molecule has 3 atom stereocenters. The van der Waals surface area contributed by atoms with E-state index < -0.39 is 0 Å². The Morgan fingerprint density at radius 3 is 2.45 bits per heavy atom. The van der Waals surface area contributed by atoms with E-state index in [1.807, 2.05) is 61.5 Å². The Labute approximate surface area is 184 Å². The van der Waals surface area contributed by atoms with Crippen LogP contribution in [0.5, 0.6) is 5.75 Å². The SMILES string of the molecule is CCCC(C)COc1ccc([C@H](Cn2ccnn2)NC(=O)[C@@H](C)c2ccccc2)cc1. The molecule has 164 valence electrons. The molecule has 0 aliphatic rings. The third-order valence-corrected chi connectivity index (χ3v) is 5.45. The van der Waals surface area contributed by atoms with E-state index in [2.05, 4.69) is 29.5 Å². The molecule has 0 aliphatic carbocycles. The first kappa shape index (κ1) is 22.5. The highest BCUT2D eigenvalue weighted by atomic mass is 16.5. The van der Waals surface area contributed by atoms with Gasteiger partial charge in [0.05, 0.1) is 31.3 Å². The van der Waals surface area contributed by atoms with Crippen LogP contribution in [0, 0.1) is 5.92 Å². The topological polar surface area (TPSA) is 69.0 Å². The Balaban J connectivity index is 1.70. The van der Waals surface area contributed by atoms with E-state index in [-0.39, 0.29) is 17.9 Å². The smallest absolute Gasteiger partial charge is 0.227 e. The van der Waals surface area contributed by atoms with Crippen LogP contribution in [0.1, 0.15) is 56.7 Å². The van der Waals surface area contributed by atoms with E-state index in [1.54, 1.807) is 17.1 Å². The van der Waals surface area contributed by atoms with Crippen LogP contribution in [0.25, 0.3) is 0 Å². The number of nitrogens with one attached hydrogen (secondary N) is 1. The summed E-state index contributed by atoms with van der Waals surface area (Å²) in [4.78, 5) is 13.0. The van der Waals surface area contributed by atoms with E-state index >= 15 is 0 Å². The summed E-state index contributed by atoms with van der Waals surface area (Å²) in [5.74, 6) is 1.10. The predicted octanol–water partition coefficient (Wildman–Crippen LogP) is 4.75. The van der Waals surface area contributed by atoms with Crippen LogP contribution in [0.2, 0.25) is 0 Å². The van der Waals surface area contributed by atoms with Crippen molar-refractivity contribution in [1.82, 2.24) is 20.3 Å². The highest BCUT2D eigenvalue weighted by molar-refractivity contribution is 5.83. The number of rotatable bonds is 11. The van der Waals surface area contributed by atoms with Gasteiger partial charge in [0, 0.05) is 6.20 Å². The molecule has 1 aromatic heterocycles. The van der Waals surface area contributed by atoms with Gasteiger partial charge in [0.15, 0.2) is 0 Å². The van der Waals surface area contributed by atoms with Crippen molar-refractivity contribution >= 4 is 5.91 Å². The van der Waals surface area contributed by atoms with Gasteiger partial charge in [-0.15, -0.1) is 5.10 Å². The lowest BCUT2D eigenvalue weighted by Gasteiger charge is -2.22. The van der Waals surface area contributed by atoms with Crippen molar-refractivity contribution in [2.45, 2.75) is 52.1 Å². The summed E-state index contributed by atoms with van der Waals surface area (Å²) in [6, 6.07) is 17.5. The second-order valence-electron chi connectivity index (χ2n) is 8.09. The van der Waals surface area contributed by atoms with E-state index in [1.165, 1.54) is 0 Å². The first-order valence-corrected chi connectivity index (χ1v) is 11.0. The zero-order valence-corrected chi connectivity index (χ0v) is 18.6. The molecule has 3 aromatic rings. The number of ether oxygens (including phenoxy) is 1. The number of benzene rings is 2. The molecule has 3 rings (SSSR count). The molecule has 6 nitrogen and oxygen atoms in total. The van der Waals surface area contributed by atoms with Gasteiger partial charge in [-0.25, -0.2) is 0 Å². The van der Waals surface area contributed by atoms with Crippen molar-refractivity contribution in [2.24, 2.45) is 5.92 Å². The van der Waals surface area contributed by atoms with Gasteiger partial charge in [0.25, 0.3) is 0 Å². The lowest BCUT2D eigenvalue weighted by Crippen LogP contribution is -2.34. The van der Waals surface area contributed by atoms with Crippen LogP contribution in [-0.2, 0) is 11.3 Å². The summed E-state index contributed by atoms with van der Waals surface area (Å²) in [6.07, 6.45) is 5.75. The lowest BCUT2D eigenvalue weighted by molar-refractivity contribution is -0.123.